The Bertz CT molecular complexity index is 592. The monoisotopic (exact) mass is 306 g/mol. The molecule has 3 rings (SSSR count). The molecule has 1 aliphatic carbocycles. The highest BCUT2D eigenvalue weighted by Crippen LogP contribution is 2.37. The summed E-state index contributed by atoms with van der Waals surface area (Å²) in [5.41, 5.74) is 0.0430. The fourth-order valence-electron chi connectivity index (χ4n) is 3.42. The number of carbonyl (C=O) groups is 1. The summed E-state index contributed by atoms with van der Waals surface area (Å²) in [5.74, 6) is 1.67. The fourth-order valence-corrected chi connectivity index (χ4v) is 3.42. The number of hydrogen-bond donors (Lipinski definition) is 0. The SMILES string of the molecule is CC(=O)CCCN1CCC(c2nn(C)c(=O)n2C2CC2)CC1. The molecule has 0 aromatic carbocycles. The van der Waals surface area contributed by atoms with Crippen molar-refractivity contribution in [1.29, 1.82) is 0 Å². The van der Waals surface area contributed by atoms with Crippen molar-refractivity contribution < 1.29 is 4.79 Å². The van der Waals surface area contributed by atoms with Gasteiger partial charge >= 0.3 is 5.69 Å². The smallest absolute Gasteiger partial charge is 0.303 e. The van der Waals surface area contributed by atoms with Crippen molar-refractivity contribution in [3.8, 4) is 0 Å². The molecule has 0 atom stereocenters. The summed E-state index contributed by atoms with van der Waals surface area (Å²) < 4.78 is 3.43. The molecule has 1 saturated carbocycles. The van der Waals surface area contributed by atoms with Gasteiger partial charge < -0.3 is 9.69 Å². The number of piperidine rings is 1. The van der Waals surface area contributed by atoms with E-state index in [0.717, 1.165) is 57.6 Å². The van der Waals surface area contributed by atoms with E-state index >= 15 is 0 Å². The molecule has 0 N–H and O–H groups in total. The van der Waals surface area contributed by atoms with Gasteiger partial charge in [-0.25, -0.2) is 9.48 Å². The summed E-state index contributed by atoms with van der Waals surface area (Å²) >= 11 is 0. The summed E-state index contributed by atoms with van der Waals surface area (Å²) in [6, 6.07) is 0.393. The Hall–Kier alpha value is -1.43. The van der Waals surface area contributed by atoms with Crippen molar-refractivity contribution in [3.05, 3.63) is 16.3 Å². The van der Waals surface area contributed by atoms with Gasteiger partial charge in [-0.05, 0) is 58.7 Å². The van der Waals surface area contributed by atoms with Crippen LogP contribution in [0.5, 0.6) is 0 Å². The van der Waals surface area contributed by atoms with Crippen LogP contribution in [0.2, 0.25) is 0 Å². The summed E-state index contributed by atoms with van der Waals surface area (Å²) in [5, 5.41) is 4.51. The Kier molecular flexibility index (Phi) is 4.47. The van der Waals surface area contributed by atoms with Crippen LogP contribution in [0.4, 0.5) is 0 Å². The quantitative estimate of drug-likeness (QED) is 0.798. The van der Waals surface area contributed by atoms with Crippen molar-refractivity contribution in [1.82, 2.24) is 19.2 Å². The average Bonchev–Trinajstić information content (AvgIpc) is 3.27. The van der Waals surface area contributed by atoms with E-state index in [2.05, 4.69) is 10.00 Å². The zero-order valence-corrected chi connectivity index (χ0v) is 13.6. The molecular formula is C16H26N4O2. The highest BCUT2D eigenvalue weighted by Gasteiger charge is 2.33. The molecule has 1 aromatic heterocycles. The molecule has 2 heterocycles. The number of ketones is 1. The van der Waals surface area contributed by atoms with Crippen LogP contribution >= 0.6 is 0 Å². The van der Waals surface area contributed by atoms with Crippen LogP contribution < -0.4 is 5.69 Å². The fraction of sp³-hybridized carbons (Fsp3) is 0.812. The number of carbonyl (C=O) groups excluding carboxylic acids is 1. The van der Waals surface area contributed by atoms with Gasteiger partial charge in [0, 0.05) is 25.4 Å². The molecule has 1 aromatic rings. The van der Waals surface area contributed by atoms with Crippen molar-refractivity contribution in [3.63, 3.8) is 0 Å². The molecule has 0 amide bonds. The van der Waals surface area contributed by atoms with E-state index in [9.17, 15) is 9.59 Å². The van der Waals surface area contributed by atoms with E-state index in [-0.39, 0.29) is 11.5 Å². The molecule has 0 spiro atoms. The minimum Gasteiger partial charge on any atom is -0.303 e. The lowest BCUT2D eigenvalue weighted by atomic mass is 9.95. The second-order valence-electron chi connectivity index (χ2n) is 6.79. The largest absolute Gasteiger partial charge is 0.345 e. The first-order valence-electron chi connectivity index (χ1n) is 8.43. The molecule has 6 nitrogen and oxygen atoms in total. The molecule has 0 unspecified atom stereocenters. The standard InChI is InChI=1S/C16H26N4O2/c1-12(21)4-3-9-19-10-7-13(8-11-19)15-17-18(2)16(22)20(15)14-5-6-14/h13-14H,3-11H2,1-2H3. The third-order valence-corrected chi connectivity index (χ3v) is 4.85. The lowest BCUT2D eigenvalue weighted by molar-refractivity contribution is -0.117. The van der Waals surface area contributed by atoms with Crippen molar-refractivity contribution in [2.45, 2.75) is 57.4 Å². The van der Waals surface area contributed by atoms with Gasteiger partial charge in [0.1, 0.15) is 11.6 Å². The second-order valence-corrected chi connectivity index (χ2v) is 6.79. The van der Waals surface area contributed by atoms with Gasteiger partial charge in [0.15, 0.2) is 0 Å². The Balaban J connectivity index is 1.59. The molecule has 6 heteroatoms. The average molecular weight is 306 g/mol. The predicted octanol–water partition coefficient (Wildman–Crippen LogP) is 1.47. The lowest BCUT2D eigenvalue weighted by Gasteiger charge is -2.31. The number of Topliss-reactive ketones (excluding diaryl/α,β-unsaturated/α-hetero) is 1. The third kappa shape index (κ3) is 3.32. The number of rotatable bonds is 6. The van der Waals surface area contributed by atoms with Crippen LogP contribution in [0.1, 0.15) is 63.2 Å². The molecule has 0 radical (unpaired) electrons. The maximum absolute atomic E-state index is 12.2. The van der Waals surface area contributed by atoms with Gasteiger partial charge in [-0.1, -0.05) is 0 Å². The van der Waals surface area contributed by atoms with Gasteiger partial charge in [0.25, 0.3) is 0 Å². The Morgan fingerprint density at radius 3 is 2.50 bits per heavy atom. The molecule has 0 bridgehead atoms. The molecule has 1 saturated heterocycles. The van der Waals surface area contributed by atoms with E-state index in [1.807, 2.05) is 4.57 Å². The number of likely N-dealkylation sites (tertiary alicyclic amines) is 1. The van der Waals surface area contributed by atoms with Crippen molar-refractivity contribution in [2.75, 3.05) is 19.6 Å². The zero-order chi connectivity index (χ0) is 15.7. The Morgan fingerprint density at radius 1 is 1.23 bits per heavy atom. The van der Waals surface area contributed by atoms with E-state index in [0.29, 0.717) is 18.4 Å². The highest BCUT2D eigenvalue weighted by atomic mass is 16.2. The van der Waals surface area contributed by atoms with Gasteiger partial charge in [0.05, 0.1) is 0 Å². The summed E-state index contributed by atoms with van der Waals surface area (Å²) in [6.45, 7) is 4.74. The highest BCUT2D eigenvalue weighted by molar-refractivity contribution is 5.75. The minimum atomic E-state index is 0.0430. The van der Waals surface area contributed by atoms with Crippen molar-refractivity contribution >= 4 is 5.78 Å². The van der Waals surface area contributed by atoms with E-state index in [4.69, 9.17) is 0 Å². The number of aryl methyl sites for hydroxylation is 1. The first-order chi connectivity index (χ1) is 10.6. The van der Waals surface area contributed by atoms with Crippen LogP contribution in [-0.4, -0.2) is 44.7 Å². The number of hydrogen-bond acceptors (Lipinski definition) is 4. The van der Waals surface area contributed by atoms with E-state index in [1.54, 1.807) is 14.0 Å². The Morgan fingerprint density at radius 2 is 1.91 bits per heavy atom. The summed E-state index contributed by atoms with van der Waals surface area (Å²) in [6.07, 6.45) is 5.98. The van der Waals surface area contributed by atoms with Gasteiger partial charge in [-0.3, -0.25) is 4.57 Å². The van der Waals surface area contributed by atoms with Crippen LogP contribution in [0.25, 0.3) is 0 Å². The molecule has 22 heavy (non-hydrogen) atoms. The lowest BCUT2D eigenvalue weighted by Crippen LogP contribution is -2.35. The van der Waals surface area contributed by atoms with Gasteiger partial charge in [0.2, 0.25) is 0 Å². The zero-order valence-electron chi connectivity index (χ0n) is 13.6. The molecule has 1 aliphatic heterocycles. The maximum atomic E-state index is 12.2. The number of nitrogens with zero attached hydrogens (tertiary/aromatic N) is 4. The third-order valence-electron chi connectivity index (χ3n) is 4.85. The van der Waals surface area contributed by atoms with Crippen LogP contribution in [0.15, 0.2) is 4.79 Å². The molecular weight excluding hydrogens is 280 g/mol. The molecule has 2 fully saturated rings. The number of aromatic nitrogens is 3. The predicted molar refractivity (Wildman–Crippen MR) is 84.1 cm³/mol. The summed E-state index contributed by atoms with van der Waals surface area (Å²) in [4.78, 5) is 25.6. The minimum absolute atomic E-state index is 0.0430. The van der Waals surface area contributed by atoms with Gasteiger partial charge in [-0.15, -0.1) is 0 Å². The van der Waals surface area contributed by atoms with E-state index in [1.165, 1.54) is 4.68 Å². The second kappa shape index (κ2) is 6.36. The van der Waals surface area contributed by atoms with Crippen LogP contribution in [-0.2, 0) is 11.8 Å². The topological polar surface area (TPSA) is 60.1 Å². The van der Waals surface area contributed by atoms with Gasteiger partial charge in [-0.2, -0.15) is 5.10 Å². The first-order valence-corrected chi connectivity index (χ1v) is 8.43. The molecule has 122 valence electrons. The molecule has 2 aliphatic rings. The van der Waals surface area contributed by atoms with E-state index < -0.39 is 0 Å². The van der Waals surface area contributed by atoms with Crippen molar-refractivity contribution in [2.24, 2.45) is 7.05 Å². The maximum Gasteiger partial charge on any atom is 0.345 e. The first kappa shape index (κ1) is 15.5. The van der Waals surface area contributed by atoms with Crippen LogP contribution in [0, 0.1) is 0 Å². The van der Waals surface area contributed by atoms with Crippen LogP contribution in [0.3, 0.4) is 0 Å². The Labute approximate surface area is 131 Å². The normalized spacial score (nSPS) is 20.5. The summed E-state index contributed by atoms with van der Waals surface area (Å²) in [7, 11) is 1.75.